The van der Waals surface area contributed by atoms with Crippen LogP contribution in [0, 0.1) is 0 Å². The first kappa shape index (κ1) is 17.6. The van der Waals surface area contributed by atoms with Crippen LogP contribution in [-0.2, 0) is 4.79 Å². The fraction of sp³-hybridized carbons (Fsp3) is 0.579. The molecule has 1 heterocycles. The van der Waals surface area contributed by atoms with Gasteiger partial charge in [-0.3, -0.25) is 4.79 Å². The molecule has 1 saturated heterocycles. The van der Waals surface area contributed by atoms with Gasteiger partial charge in [0.15, 0.2) is 0 Å². The van der Waals surface area contributed by atoms with Gasteiger partial charge in [0, 0.05) is 24.3 Å². The minimum absolute atomic E-state index is 0.102. The molecule has 6 nitrogen and oxygen atoms in total. The molecule has 0 spiro atoms. The van der Waals surface area contributed by atoms with Crippen LogP contribution in [0.3, 0.4) is 0 Å². The molecular weight excluding hydrogens is 318 g/mol. The van der Waals surface area contributed by atoms with E-state index < -0.39 is 6.04 Å². The van der Waals surface area contributed by atoms with Crippen molar-refractivity contribution >= 4 is 17.6 Å². The van der Waals surface area contributed by atoms with Gasteiger partial charge in [-0.2, -0.15) is 0 Å². The van der Waals surface area contributed by atoms with Gasteiger partial charge >= 0.3 is 6.03 Å². The van der Waals surface area contributed by atoms with E-state index >= 15 is 0 Å². The summed E-state index contributed by atoms with van der Waals surface area (Å²) < 4.78 is 5.18. The van der Waals surface area contributed by atoms with Crippen LogP contribution in [0.5, 0.6) is 5.75 Å². The van der Waals surface area contributed by atoms with Crippen molar-refractivity contribution in [1.29, 1.82) is 0 Å². The van der Waals surface area contributed by atoms with Crippen molar-refractivity contribution in [2.24, 2.45) is 0 Å². The number of likely N-dealkylation sites (tertiary alicyclic amines) is 1. The van der Waals surface area contributed by atoms with Crippen LogP contribution in [0.2, 0.25) is 0 Å². The molecule has 0 aromatic heterocycles. The third-order valence-electron chi connectivity index (χ3n) is 5.09. The molecule has 25 heavy (non-hydrogen) atoms. The molecule has 0 bridgehead atoms. The van der Waals surface area contributed by atoms with Gasteiger partial charge < -0.3 is 20.3 Å². The number of nitrogens with zero attached hydrogens (tertiary/aromatic N) is 1. The molecule has 1 aliphatic heterocycles. The Balaban J connectivity index is 1.59. The Morgan fingerprint density at radius 2 is 1.92 bits per heavy atom. The molecule has 0 radical (unpaired) electrons. The minimum Gasteiger partial charge on any atom is -0.497 e. The monoisotopic (exact) mass is 345 g/mol. The molecule has 2 aliphatic rings. The van der Waals surface area contributed by atoms with Crippen LogP contribution >= 0.6 is 0 Å². The van der Waals surface area contributed by atoms with Crippen LogP contribution in [0.25, 0.3) is 0 Å². The lowest BCUT2D eigenvalue weighted by Crippen LogP contribution is -2.50. The fourth-order valence-corrected chi connectivity index (χ4v) is 3.71. The van der Waals surface area contributed by atoms with E-state index in [9.17, 15) is 9.59 Å². The van der Waals surface area contributed by atoms with Crippen LogP contribution in [0.4, 0.5) is 10.5 Å². The number of amides is 3. The van der Waals surface area contributed by atoms with Crippen LogP contribution < -0.4 is 15.4 Å². The quantitative estimate of drug-likeness (QED) is 0.881. The molecule has 1 atom stereocenters. The maximum atomic E-state index is 12.6. The maximum Gasteiger partial charge on any atom is 0.318 e. The lowest BCUT2D eigenvalue weighted by molar-refractivity contribution is -0.119. The number of anilines is 1. The zero-order chi connectivity index (χ0) is 17.6. The van der Waals surface area contributed by atoms with Gasteiger partial charge in [-0.1, -0.05) is 25.3 Å². The number of hydrogen-bond acceptors (Lipinski definition) is 3. The molecule has 1 saturated carbocycles. The average molecular weight is 345 g/mol. The van der Waals surface area contributed by atoms with Crippen molar-refractivity contribution in [2.45, 2.75) is 57.0 Å². The van der Waals surface area contributed by atoms with Gasteiger partial charge in [0.25, 0.3) is 0 Å². The highest BCUT2D eigenvalue weighted by Gasteiger charge is 2.35. The van der Waals surface area contributed by atoms with Crippen LogP contribution in [0.15, 0.2) is 24.3 Å². The normalized spacial score (nSPS) is 21.0. The topological polar surface area (TPSA) is 70.7 Å². The van der Waals surface area contributed by atoms with Gasteiger partial charge in [0.05, 0.1) is 7.11 Å². The molecule has 0 unspecified atom stereocenters. The van der Waals surface area contributed by atoms with Gasteiger partial charge in [0.2, 0.25) is 5.91 Å². The lowest BCUT2D eigenvalue weighted by atomic mass is 9.96. The second-order valence-corrected chi connectivity index (χ2v) is 6.86. The highest BCUT2D eigenvalue weighted by molar-refractivity contribution is 5.97. The van der Waals surface area contributed by atoms with Crippen LogP contribution in [0.1, 0.15) is 44.9 Å². The number of hydrogen-bond donors (Lipinski definition) is 2. The summed E-state index contributed by atoms with van der Waals surface area (Å²) in [7, 11) is 1.59. The van der Waals surface area contributed by atoms with E-state index in [1.165, 1.54) is 19.3 Å². The van der Waals surface area contributed by atoms with Crippen molar-refractivity contribution in [3.05, 3.63) is 24.3 Å². The molecule has 1 aromatic rings. The number of rotatable bonds is 4. The smallest absolute Gasteiger partial charge is 0.318 e. The number of methoxy groups -OCH3 is 1. The summed E-state index contributed by atoms with van der Waals surface area (Å²) in [6.07, 6.45) is 7.24. The third kappa shape index (κ3) is 4.44. The Kier molecular flexibility index (Phi) is 5.79. The SMILES string of the molecule is COc1cccc(NC(=O)[C@H]2CCCN2C(=O)NC2CCCCC2)c1. The number of carbonyl (C=O) groups is 2. The third-order valence-corrected chi connectivity index (χ3v) is 5.09. The van der Waals surface area contributed by atoms with E-state index in [2.05, 4.69) is 10.6 Å². The molecule has 1 aliphatic carbocycles. The summed E-state index contributed by atoms with van der Waals surface area (Å²) in [6.45, 7) is 0.634. The van der Waals surface area contributed by atoms with Gasteiger partial charge in [-0.05, 0) is 37.8 Å². The van der Waals surface area contributed by atoms with Gasteiger partial charge in [-0.15, -0.1) is 0 Å². The second kappa shape index (κ2) is 8.23. The first-order valence-electron chi connectivity index (χ1n) is 9.19. The van der Waals surface area contributed by atoms with E-state index in [1.807, 2.05) is 18.2 Å². The number of nitrogens with one attached hydrogen (secondary N) is 2. The van der Waals surface area contributed by atoms with Crippen molar-refractivity contribution in [2.75, 3.05) is 19.0 Å². The highest BCUT2D eigenvalue weighted by Crippen LogP contribution is 2.23. The summed E-state index contributed by atoms with van der Waals surface area (Å²) >= 11 is 0. The molecular formula is C19H27N3O3. The molecule has 3 rings (SSSR count). The maximum absolute atomic E-state index is 12.6. The molecule has 2 N–H and O–H groups in total. The van der Waals surface area contributed by atoms with Crippen molar-refractivity contribution < 1.29 is 14.3 Å². The standard InChI is InChI=1S/C19H27N3O3/c1-25-16-10-5-9-15(13-16)20-18(23)17-11-6-12-22(17)19(24)21-14-7-3-2-4-8-14/h5,9-10,13-14,17H,2-4,6-8,11-12H2,1H3,(H,20,23)(H,21,24)/t17-/m1/s1. The summed E-state index contributed by atoms with van der Waals surface area (Å²) in [5, 5.41) is 6.02. The first-order chi connectivity index (χ1) is 12.2. The summed E-state index contributed by atoms with van der Waals surface area (Å²) in [5.41, 5.74) is 0.684. The Labute approximate surface area is 148 Å². The first-order valence-corrected chi connectivity index (χ1v) is 9.19. The van der Waals surface area contributed by atoms with Crippen molar-refractivity contribution in [3.8, 4) is 5.75 Å². The Bertz CT molecular complexity index is 614. The number of urea groups is 1. The zero-order valence-corrected chi connectivity index (χ0v) is 14.8. The predicted octanol–water partition coefficient (Wildman–Crippen LogP) is 3.14. The Morgan fingerprint density at radius 3 is 2.68 bits per heavy atom. The minimum atomic E-state index is -0.408. The van der Waals surface area contributed by atoms with Crippen LogP contribution in [-0.4, -0.2) is 42.6 Å². The number of benzene rings is 1. The lowest BCUT2D eigenvalue weighted by Gasteiger charge is -2.29. The molecule has 1 aromatic carbocycles. The van der Waals surface area contributed by atoms with Crippen molar-refractivity contribution in [1.82, 2.24) is 10.2 Å². The Morgan fingerprint density at radius 1 is 1.12 bits per heavy atom. The van der Waals surface area contributed by atoms with E-state index in [0.29, 0.717) is 24.4 Å². The zero-order valence-electron chi connectivity index (χ0n) is 14.8. The van der Waals surface area contributed by atoms with E-state index in [4.69, 9.17) is 4.74 Å². The summed E-state index contributed by atoms with van der Waals surface area (Å²) in [6, 6.07) is 7.00. The number of carbonyl (C=O) groups excluding carboxylic acids is 2. The Hall–Kier alpha value is -2.24. The fourth-order valence-electron chi connectivity index (χ4n) is 3.71. The summed E-state index contributed by atoms with van der Waals surface area (Å²) in [4.78, 5) is 26.9. The molecule has 2 fully saturated rings. The summed E-state index contributed by atoms with van der Waals surface area (Å²) in [5.74, 6) is 0.556. The predicted molar refractivity (Wildman–Crippen MR) is 96.8 cm³/mol. The van der Waals surface area contributed by atoms with Crippen molar-refractivity contribution in [3.63, 3.8) is 0 Å². The van der Waals surface area contributed by atoms with E-state index in [0.717, 1.165) is 19.3 Å². The largest absolute Gasteiger partial charge is 0.497 e. The number of ether oxygens (including phenoxy) is 1. The van der Waals surface area contributed by atoms with Gasteiger partial charge in [0.1, 0.15) is 11.8 Å². The van der Waals surface area contributed by atoms with E-state index in [-0.39, 0.29) is 18.0 Å². The molecule has 6 heteroatoms. The highest BCUT2D eigenvalue weighted by atomic mass is 16.5. The second-order valence-electron chi connectivity index (χ2n) is 6.86. The van der Waals surface area contributed by atoms with Gasteiger partial charge in [-0.25, -0.2) is 4.79 Å². The molecule has 136 valence electrons. The van der Waals surface area contributed by atoms with E-state index in [1.54, 1.807) is 18.1 Å². The molecule has 3 amide bonds. The average Bonchev–Trinajstić information content (AvgIpc) is 3.13.